The van der Waals surface area contributed by atoms with Crippen LogP contribution in [0.1, 0.15) is 36.6 Å². The van der Waals surface area contributed by atoms with Crippen molar-refractivity contribution in [1.82, 2.24) is 24.8 Å². The molecule has 1 atom stereocenters. The highest BCUT2D eigenvalue weighted by Crippen LogP contribution is 2.30. The second kappa shape index (κ2) is 8.56. The van der Waals surface area contributed by atoms with Crippen molar-refractivity contribution in [2.45, 2.75) is 31.7 Å². The molecule has 7 nitrogen and oxygen atoms in total. The van der Waals surface area contributed by atoms with Crippen LogP contribution in [0.4, 0.5) is 11.6 Å². The number of aromatic nitrogens is 4. The van der Waals surface area contributed by atoms with Crippen LogP contribution >= 0.6 is 0 Å². The average Bonchev–Trinajstić information content (AvgIpc) is 2.75. The first kappa shape index (κ1) is 18.0. The van der Waals surface area contributed by atoms with Gasteiger partial charge in [0.25, 0.3) is 0 Å². The number of nitrogens with one attached hydrogen (secondary N) is 1. The highest BCUT2D eigenvalue weighted by Gasteiger charge is 2.29. The standard InChI is InChI=1S/C21H22N6O/c28-20(12-16-6-2-1-3-7-16)27-11-5-4-8-19(27)18-9-10-24-21(26-18)25-17-13-22-15-23-14-17/h1-3,6-7,9-10,13-15,19H,4-5,8,11-12H2,(H,24,25,26). The Morgan fingerprint density at radius 2 is 1.93 bits per heavy atom. The number of nitrogens with zero attached hydrogens (tertiary/aromatic N) is 5. The lowest BCUT2D eigenvalue weighted by molar-refractivity contribution is -0.134. The van der Waals surface area contributed by atoms with Crippen molar-refractivity contribution < 1.29 is 4.79 Å². The first-order chi connectivity index (χ1) is 13.8. The second-order valence-corrected chi connectivity index (χ2v) is 6.82. The summed E-state index contributed by atoms with van der Waals surface area (Å²) in [5, 5.41) is 3.12. The van der Waals surface area contributed by atoms with E-state index in [1.807, 2.05) is 41.3 Å². The maximum Gasteiger partial charge on any atom is 0.227 e. The normalized spacial score (nSPS) is 16.6. The first-order valence-corrected chi connectivity index (χ1v) is 9.48. The number of amides is 1. The van der Waals surface area contributed by atoms with Crippen molar-refractivity contribution >= 4 is 17.5 Å². The predicted octanol–water partition coefficient (Wildman–Crippen LogP) is 3.31. The zero-order valence-electron chi connectivity index (χ0n) is 15.5. The predicted molar refractivity (Wildman–Crippen MR) is 106 cm³/mol. The molecule has 0 bridgehead atoms. The van der Waals surface area contributed by atoms with Crippen molar-refractivity contribution in [2.75, 3.05) is 11.9 Å². The summed E-state index contributed by atoms with van der Waals surface area (Å²) in [6.07, 6.45) is 9.95. The number of likely N-dealkylation sites (tertiary alicyclic amines) is 1. The Balaban J connectivity index is 1.52. The Kier molecular flexibility index (Phi) is 5.51. The SMILES string of the molecule is O=C(Cc1ccccc1)N1CCCCC1c1ccnc(Nc2cncnc2)n1. The summed E-state index contributed by atoms with van der Waals surface area (Å²) in [7, 11) is 0. The molecule has 1 unspecified atom stereocenters. The van der Waals surface area contributed by atoms with Crippen LogP contribution in [0.3, 0.4) is 0 Å². The molecule has 0 radical (unpaired) electrons. The molecule has 0 aliphatic carbocycles. The van der Waals surface area contributed by atoms with Crippen molar-refractivity contribution in [2.24, 2.45) is 0 Å². The van der Waals surface area contributed by atoms with Gasteiger partial charge in [0.2, 0.25) is 11.9 Å². The molecule has 4 rings (SSSR count). The molecule has 1 amide bonds. The summed E-state index contributed by atoms with van der Waals surface area (Å²) in [5.41, 5.74) is 2.61. The highest BCUT2D eigenvalue weighted by molar-refractivity contribution is 5.79. The zero-order valence-corrected chi connectivity index (χ0v) is 15.5. The minimum Gasteiger partial charge on any atom is -0.334 e. The molecular weight excluding hydrogens is 352 g/mol. The van der Waals surface area contributed by atoms with Gasteiger partial charge in [-0.3, -0.25) is 4.79 Å². The smallest absolute Gasteiger partial charge is 0.227 e. The molecule has 3 aromatic rings. The van der Waals surface area contributed by atoms with Gasteiger partial charge in [0.15, 0.2) is 0 Å². The molecule has 3 heterocycles. The number of benzene rings is 1. The largest absolute Gasteiger partial charge is 0.334 e. The van der Waals surface area contributed by atoms with Crippen molar-refractivity contribution in [3.63, 3.8) is 0 Å². The fraction of sp³-hybridized carbons (Fsp3) is 0.286. The van der Waals surface area contributed by atoms with Gasteiger partial charge in [0, 0.05) is 12.7 Å². The van der Waals surface area contributed by atoms with E-state index in [1.165, 1.54) is 6.33 Å². The molecule has 28 heavy (non-hydrogen) atoms. The number of anilines is 2. The molecule has 2 aromatic heterocycles. The molecule has 1 aliphatic heterocycles. The summed E-state index contributed by atoms with van der Waals surface area (Å²) < 4.78 is 0. The van der Waals surface area contributed by atoms with E-state index in [-0.39, 0.29) is 11.9 Å². The fourth-order valence-corrected chi connectivity index (χ4v) is 3.52. The fourth-order valence-electron chi connectivity index (χ4n) is 3.52. The minimum atomic E-state index is -0.0273. The number of carbonyl (C=O) groups excluding carboxylic acids is 1. The topological polar surface area (TPSA) is 83.9 Å². The van der Waals surface area contributed by atoms with Crippen molar-refractivity contribution in [1.29, 1.82) is 0 Å². The Morgan fingerprint density at radius 1 is 1.11 bits per heavy atom. The van der Waals surface area contributed by atoms with Crippen LogP contribution in [0.2, 0.25) is 0 Å². The average molecular weight is 374 g/mol. The number of piperidine rings is 1. The molecule has 1 aliphatic rings. The highest BCUT2D eigenvalue weighted by atomic mass is 16.2. The minimum absolute atomic E-state index is 0.0273. The third kappa shape index (κ3) is 4.31. The first-order valence-electron chi connectivity index (χ1n) is 9.48. The summed E-state index contributed by atoms with van der Waals surface area (Å²) in [6, 6.07) is 11.7. The van der Waals surface area contributed by atoms with Gasteiger partial charge >= 0.3 is 0 Å². The molecule has 1 saturated heterocycles. The summed E-state index contributed by atoms with van der Waals surface area (Å²) >= 11 is 0. The molecule has 1 aromatic carbocycles. The maximum absolute atomic E-state index is 13.0. The van der Waals surface area contributed by atoms with Crippen LogP contribution in [0, 0.1) is 0 Å². The van der Waals surface area contributed by atoms with E-state index >= 15 is 0 Å². The summed E-state index contributed by atoms with van der Waals surface area (Å²) in [5.74, 6) is 0.619. The molecule has 1 fully saturated rings. The van der Waals surface area contributed by atoms with E-state index in [0.717, 1.165) is 42.8 Å². The van der Waals surface area contributed by atoms with E-state index in [4.69, 9.17) is 0 Å². The van der Waals surface area contributed by atoms with Crippen LogP contribution in [-0.2, 0) is 11.2 Å². The van der Waals surface area contributed by atoms with Crippen molar-refractivity contribution in [3.8, 4) is 0 Å². The number of hydrogen-bond acceptors (Lipinski definition) is 6. The number of carbonyl (C=O) groups is 1. The Bertz CT molecular complexity index is 918. The molecule has 0 spiro atoms. The van der Waals surface area contributed by atoms with Gasteiger partial charge in [0.1, 0.15) is 6.33 Å². The van der Waals surface area contributed by atoms with Crippen LogP contribution in [0.5, 0.6) is 0 Å². The van der Waals surface area contributed by atoms with Gasteiger partial charge in [-0.25, -0.2) is 19.9 Å². The second-order valence-electron chi connectivity index (χ2n) is 6.82. The van der Waals surface area contributed by atoms with Gasteiger partial charge in [0.05, 0.1) is 36.2 Å². The van der Waals surface area contributed by atoms with Gasteiger partial charge < -0.3 is 10.2 Å². The van der Waals surface area contributed by atoms with Gasteiger partial charge in [-0.1, -0.05) is 30.3 Å². The maximum atomic E-state index is 13.0. The van der Waals surface area contributed by atoms with Gasteiger partial charge in [-0.15, -0.1) is 0 Å². The molecule has 7 heteroatoms. The van der Waals surface area contributed by atoms with E-state index in [0.29, 0.717) is 12.4 Å². The quantitative estimate of drug-likeness (QED) is 0.738. The molecule has 0 saturated carbocycles. The monoisotopic (exact) mass is 374 g/mol. The van der Waals surface area contributed by atoms with E-state index < -0.39 is 0 Å². The Hall–Kier alpha value is -3.35. The van der Waals surface area contributed by atoms with E-state index in [2.05, 4.69) is 25.3 Å². The van der Waals surface area contributed by atoms with Gasteiger partial charge in [-0.2, -0.15) is 0 Å². The lowest BCUT2D eigenvalue weighted by Gasteiger charge is -2.35. The number of rotatable bonds is 5. The van der Waals surface area contributed by atoms with Crippen LogP contribution in [-0.4, -0.2) is 37.3 Å². The van der Waals surface area contributed by atoms with Crippen LogP contribution < -0.4 is 5.32 Å². The summed E-state index contributed by atoms with van der Waals surface area (Å²) in [6.45, 7) is 0.760. The third-order valence-corrected chi connectivity index (χ3v) is 4.86. The van der Waals surface area contributed by atoms with E-state index in [1.54, 1.807) is 18.6 Å². The third-order valence-electron chi connectivity index (χ3n) is 4.86. The lowest BCUT2D eigenvalue weighted by atomic mass is 9.98. The molecule has 1 N–H and O–H groups in total. The lowest BCUT2D eigenvalue weighted by Crippen LogP contribution is -2.39. The Labute approximate surface area is 163 Å². The molecule has 142 valence electrons. The summed E-state index contributed by atoms with van der Waals surface area (Å²) in [4.78, 5) is 31.9. The van der Waals surface area contributed by atoms with Crippen molar-refractivity contribution in [3.05, 3.63) is 72.6 Å². The van der Waals surface area contributed by atoms with Gasteiger partial charge in [-0.05, 0) is 30.9 Å². The van der Waals surface area contributed by atoms with Crippen LogP contribution in [0.15, 0.2) is 61.3 Å². The van der Waals surface area contributed by atoms with E-state index in [9.17, 15) is 4.79 Å². The van der Waals surface area contributed by atoms with Crippen LogP contribution in [0.25, 0.3) is 0 Å². The number of hydrogen-bond donors (Lipinski definition) is 1. The Morgan fingerprint density at radius 3 is 2.75 bits per heavy atom. The molecular formula is C21H22N6O. The zero-order chi connectivity index (χ0) is 19.2.